The molecule has 0 spiro atoms. The van der Waals surface area contributed by atoms with E-state index < -0.39 is 0 Å². The summed E-state index contributed by atoms with van der Waals surface area (Å²) in [5.41, 5.74) is 1.60. The normalized spacial score (nSPS) is 14.7. The van der Waals surface area contributed by atoms with Crippen molar-refractivity contribution in [1.82, 2.24) is 4.98 Å². The van der Waals surface area contributed by atoms with Crippen LogP contribution in [0.15, 0.2) is 42.7 Å². The molecule has 4 heteroatoms. The molecule has 0 saturated carbocycles. The molecule has 2 aromatic rings. The largest absolute Gasteiger partial charge is 0.486 e. The molecule has 1 aliphatic rings. The van der Waals surface area contributed by atoms with Crippen LogP contribution in [0.4, 0.5) is 0 Å². The monoisotopic (exact) mass is 269 g/mol. The van der Waals surface area contributed by atoms with E-state index in [1.54, 1.807) is 30.6 Å². The molecule has 0 bridgehead atoms. The van der Waals surface area contributed by atoms with Crippen molar-refractivity contribution in [3.8, 4) is 11.5 Å². The van der Waals surface area contributed by atoms with Crippen molar-refractivity contribution < 1.29 is 14.3 Å². The Bertz CT molecular complexity index is 625. The summed E-state index contributed by atoms with van der Waals surface area (Å²) in [6.07, 6.45) is 3.39. The Morgan fingerprint density at radius 3 is 2.55 bits per heavy atom. The minimum atomic E-state index is -0.208. The third-order valence-electron chi connectivity index (χ3n) is 3.43. The van der Waals surface area contributed by atoms with Crippen molar-refractivity contribution in [2.24, 2.45) is 0 Å². The summed E-state index contributed by atoms with van der Waals surface area (Å²) in [5, 5.41) is 0. The van der Waals surface area contributed by atoms with Crippen LogP contribution >= 0.6 is 0 Å². The van der Waals surface area contributed by atoms with Gasteiger partial charge in [0.1, 0.15) is 13.2 Å². The van der Waals surface area contributed by atoms with Gasteiger partial charge in [0, 0.05) is 23.9 Å². The fourth-order valence-corrected chi connectivity index (χ4v) is 2.25. The van der Waals surface area contributed by atoms with Gasteiger partial charge in [0.05, 0.1) is 0 Å². The predicted octanol–water partition coefficient (Wildman–Crippen LogP) is 2.84. The maximum Gasteiger partial charge on any atom is 0.170 e. The molecule has 0 amide bonds. The molecule has 0 N–H and O–H groups in total. The van der Waals surface area contributed by atoms with Crippen molar-refractivity contribution in [2.75, 3.05) is 13.2 Å². The summed E-state index contributed by atoms with van der Waals surface area (Å²) in [6.45, 7) is 2.97. The number of carbonyl (C=O) groups excluding carboxylic acids is 1. The standard InChI is InChI=1S/C16H15NO3/c1-11(12-4-6-17-7-5-12)16(18)13-2-3-14-15(10-13)20-9-8-19-14/h2-7,10-11H,8-9H2,1H3. The molecular weight excluding hydrogens is 254 g/mol. The zero-order valence-electron chi connectivity index (χ0n) is 11.2. The van der Waals surface area contributed by atoms with Crippen LogP contribution in [0.5, 0.6) is 11.5 Å². The average Bonchev–Trinajstić information content (AvgIpc) is 2.54. The smallest absolute Gasteiger partial charge is 0.170 e. The van der Waals surface area contributed by atoms with Crippen LogP contribution in [-0.2, 0) is 0 Å². The van der Waals surface area contributed by atoms with E-state index in [-0.39, 0.29) is 11.7 Å². The lowest BCUT2D eigenvalue weighted by Crippen LogP contribution is -2.16. The number of carbonyl (C=O) groups is 1. The summed E-state index contributed by atoms with van der Waals surface area (Å²) in [7, 11) is 0. The van der Waals surface area contributed by atoms with Crippen LogP contribution in [0.1, 0.15) is 28.8 Å². The first-order valence-corrected chi connectivity index (χ1v) is 6.59. The van der Waals surface area contributed by atoms with Gasteiger partial charge in [-0.15, -0.1) is 0 Å². The highest BCUT2D eigenvalue weighted by atomic mass is 16.6. The molecule has 0 fully saturated rings. The summed E-state index contributed by atoms with van der Waals surface area (Å²) < 4.78 is 11.0. The Hall–Kier alpha value is -2.36. The average molecular weight is 269 g/mol. The molecule has 20 heavy (non-hydrogen) atoms. The molecule has 0 saturated heterocycles. The SMILES string of the molecule is CC(C(=O)c1ccc2c(c1)OCCO2)c1ccncc1. The number of hydrogen-bond acceptors (Lipinski definition) is 4. The number of rotatable bonds is 3. The van der Waals surface area contributed by atoms with E-state index >= 15 is 0 Å². The maximum atomic E-state index is 12.5. The molecule has 1 aromatic carbocycles. The second kappa shape index (κ2) is 5.33. The fraction of sp³-hybridized carbons (Fsp3) is 0.250. The Kier molecular flexibility index (Phi) is 3.37. The third-order valence-corrected chi connectivity index (χ3v) is 3.43. The molecule has 1 aromatic heterocycles. The van der Waals surface area contributed by atoms with Crippen LogP contribution < -0.4 is 9.47 Å². The van der Waals surface area contributed by atoms with Crippen molar-refractivity contribution in [2.45, 2.75) is 12.8 Å². The summed E-state index contributed by atoms with van der Waals surface area (Å²) in [4.78, 5) is 16.5. The van der Waals surface area contributed by atoms with E-state index in [2.05, 4.69) is 4.98 Å². The quantitative estimate of drug-likeness (QED) is 0.804. The predicted molar refractivity (Wildman–Crippen MR) is 74.4 cm³/mol. The van der Waals surface area contributed by atoms with Crippen LogP contribution in [0.25, 0.3) is 0 Å². The summed E-state index contributed by atoms with van der Waals surface area (Å²) >= 11 is 0. The first-order chi connectivity index (χ1) is 9.75. The number of nitrogens with zero attached hydrogens (tertiary/aromatic N) is 1. The Labute approximate surface area is 117 Å². The van der Waals surface area contributed by atoms with Crippen molar-refractivity contribution in [1.29, 1.82) is 0 Å². The minimum absolute atomic E-state index is 0.0631. The van der Waals surface area contributed by atoms with Crippen molar-refractivity contribution in [3.05, 3.63) is 53.9 Å². The Morgan fingerprint density at radius 2 is 1.80 bits per heavy atom. The maximum absolute atomic E-state index is 12.5. The Balaban J connectivity index is 1.87. The molecule has 1 atom stereocenters. The highest BCUT2D eigenvalue weighted by Gasteiger charge is 2.20. The fourth-order valence-electron chi connectivity index (χ4n) is 2.25. The van der Waals surface area contributed by atoms with Gasteiger partial charge in [0.15, 0.2) is 17.3 Å². The van der Waals surface area contributed by atoms with Gasteiger partial charge in [-0.25, -0.2) is 0 Å². The van der Waals surface area contributed by atoms with E-state index in [0.717, 1.165) is 5.56 Å². The molecular formula is C16H15NO3. The topological polar surface area (TPSA) is 48.4 Å². The zero-order valence-corrected chi connectivity index (χ0v) is 11.2. The van der Waals surface area contributed by atoms with Gasteiger partial charge in [-0.3, -0.25) is 9.78 Å². The lowest BCUT2D eigenvalue weighted by Gasteiger charge is -2.19. The number of fused-ring (bicyclic) bond motifs is 1. The van der Waals surface area contributed by atoms with E-state index in [0.29, 0.717) is 30.3 Å². The first-order valence-electron chi connectivity index (χ1n) is 6.59. The lowest BCUT2D eigenvalue weighted by molar-refractivity contribution is 0.0965. The van der Waals surface area contributed by atoms with Crippen molar-refractivity contribution >= 4 is 5.78 Å². The molecule has 3 rings (SSSR count). The minimum Gasteiger partial charge on any atom is -0.486 e. The highest BCUT2D eigenvalue weighted by molar-refractivity contribution is 6.01. The van der Waals surface area contributed by atoms with Gasteiger partial charge in [0.2, 0.25) is 0 Å². The summed E-state index contributed by atoms with van der Waals surface area (Å²) in [6, 6.07) is 9.06. The van der Waals surface area contributed by atoms with Gasteiger partial charge in [0.25, 0.3) is 0 Å². The number of benzene rings is 1. The molecule has 4 nitrogen and oxygen atoms in total. The van der Waals surface area contributed by atoms with E-state index in [1.807, 2.05) is 19.1 Å². The van der Waals surface area contributed by atoms with Crippen molar-refractivity contribution in [3.63, 3.8) is 0 Å². The highest BCUT2D eigenvalue weighted by Crippen LogP contribution is 2.32. The molecule has 0 radical (unpaired) electrons. The number of ketones is 1. The van der Waals surface area contributed by atoms with Crippen LogP contribution in [0.2, 0.25) is 0 Å². The molecule has 2 heterocycles. The third kappa shape index (κ3) is 2.37. The zero-order chi connectivity index (χ0) is 13.9. The number of ether oxygens (including phenoxy) is 2. The van der Waals surface area contributed by atoms with Crippen LogP contribution in [0.3, 0.4) is 0 Å². The van der Waals surface area contributed by atoms with E-state index in [9.17, 15) is 4.79 Å². The van der Waals surface area contributed by atoms with E-state index in [4.69, 9.17) is 9.47 Å². The second-order valence-corrected chi connectivity index (χ2v) is 4.72. The second-order valence-electron chi connectivity index (χ2n) is 4.72. The number of hydrogen-bond donors (Lipinski definition) is 0. The number of pyridine rings is 1. The Morgan fingerprint density at radius 1 is 1.10 bits per heavy atom. The van der Waals surface area contributed by atoms with Crippen LogP contribution in [0, 0.1) is 0 Å². The number of Topliss-reactive ketones (excluding diaryl/α,β-unsaturated/α-hetero) is 1. The first kappa shape index (κ1) is 12.7. The molecule has 102 valence electrons. The number of aromatic nitrogens is 1. The molecule has 1 aliphatic heterocycles. The lowest BCUT2D eigenvalue weighted by atomic mass is 9.93. The van der Waals surface area contributed by atoms with Gasteiger partial charge in [-0.2, -0.15) is 0 Å². The summed E-state index contributed by atoms with van der Waals surface area (Å²) in [5.74, 6) is 1.20. The van der Waals surface area contributed by atoms with E-state index in [1.165, 1.54) is 0 Å². The molecule has 0 aliphatic carbocycles. The van der Waals surface area contributed by atoms with Crippen LogP contribution in [-0.4, -0.2) is 24.0 Å². The van der Waals surface area contributed by atoms with Gasteiger partial charge in [-0.1, -0.05) is 6.92 Å². The van der Waals surface area contributed by atoms with Gasteiger partial charge < -0.3 is 9.47 Å². The van der Waals surface area contributed by atoms with Gasteiger partial charge >= 0.3 is 0 Å². The van der Waals surface area contributed by atoms with Gasteiger partial charge in [-0.05, 0) is 35.9 Å². The molecule has 1 unspecified atom stereocenters.